The van der Waals surface area contributed by atoms with E-state index < -0.39 is 5.25 Å². The number of carbonyl (C=O) groups is 2. The molecule has 0 saturated carbocycles. The van der Waals surface area contributed by atoms with Crippen molar-refractivity contribution in [3.05, 3.63) is 41.4 Å². The second-order valence-corrected chi connectivity index (χ2v) is 7.74. The van der Waals surface area contributed by atoms with Crippen molar-refractivity contribution in [1.82, 2.24) is 9.88 Å². The van der Waals surface area contributed by atoms with Crippen LogP contribution in [0.1, 0.15) is 25.8 Å². The molecule has 2 aromatic rings. The van der Waals surface area contributed by atoms with Gasteiger partial charge in [0.05, 0.1) is 0 Å². The van der Waals surface area contributed by atoms with E-state index in [0.29, 0.717) is 16.8 Å². The van der Waals surface area contributed by atoms with Gasteiger partial charge in [0.2, 0.25) is 16.9 Å². The van der Waals surface area contributed by atoms with Gasteiger partial charge in [-0.15, -0.1) is 11.3 Å². The lowest BCUT2D eigenvalue weighted by Crippen LogP contribution is -2.33. The zero-order valence-electron chi connectivity index (χ0n) is 14.6. The van der Waals surface area contributed by atoms with Crippen molar-refractivity contribution >= 4 is 50.9 Å². The average Bonchev–Trinajstić information content (AvgIpc) is 3.24. The summed E-state index contributed by atoms with van der Waals surface area (Å²) in [6, 6.07) is 7.74. The zero-order valence-corrected chi connectivity index (χ0v) is 16.3. The van der Waals surface area contributed by atoms with Gasteiger partial charge in [-0.1, -0.05) is 30.8 Å². The van der Waals surface area contributed by atoms with Crippen LogP contribution in [0.15, 0.2) is 40.8 Å². The number of rotatable bonds is 6. The Kier molecular flexibility index (Phi) is 6.05. The molecule has 1 aliphatic rings. The van der Waals surface area contributed by atoms with Crippen molar-refractivity contribution in [2.45, 2.75) is 31.9 Å². The fourth-order valence-corrected chi connectivity index (χ4v) is 4.34. The third-order valence-electron chi connectivity index (χ3n) is 3.96. The normalized spacial score (nSPS) is 18.5. The third kappa shape index (κ3) is 4.31. The van der Waals surface area contributed by atoms with Crippen LogP contribution in [0.5, 0.6) is 0 Å². The number of aromatic nitrogens is 1. The summed E-state index contributed by atoms with van der Waals surface area (Å²) in [5.41, 5.74) is 1.96. The molecule has 1 unspecified atom stereocenters. The first-order valence-corrected chi connectivity index (χ1v) is 10.2. The first kappa shape index (κ1) is 18.6. The van der Waals surface area contributed by atoms with Gasteiger partial charge in [-0.2, -0.15) is 4.99 Å². The molecule has 2 amide bonds. The zero-order chi connectivity index (χ0) is 18.5. The molecule has 26 heavy (non-hydrogen) atoms. The van der Waals surface area contributed by atoms with Crippen LogP contribution in [0.2, 0.25) is 0 Å². The number of thiazole rings is 1. The molecule has 1 saturated heterocycles. The van der Waals surface area contributed by atoms with Crippen molar-refractivity contribution in [3.8, 4) is 0 Å². The summed E-state index contributed by atoms with van der Waals surface area (Å²) >= 11 is 2.74. The quantitative estimate of drug-likeness (QED) is 0.819. The molecule has 2 heterocycles. The topological polar surface area (TPSA) is 74.7 Å². The van der Waals surface area contributed by atoms with Crippen LogP contribution in [0.4, 0.5) is 10.8 Å². The van der Waals surface area contributed by atoms with Crippen molar-refractivity contribution < 1.29 is 9.59 Å². The molecule has 0 bridgehead atoms. The molecule has 6 nitrogen and oxygen atoms in total. The maximum absolute atomic E-state index is 12.6. The molecule has 0 radical (unpaired) electrons. The first-order valence-electron chi connectivity index (χ1n) is 8.45. The van der Waals surface area contributed by atoms with Gasteiger partial charge in [0, 0.05) is 30.2 Å². The SMILES string of the molecule is CCc1ccc(NC(=O)CC2SC(=Nc3nccs3)N(CC)C2=O)cc1. The van der Waals surface area contributed by atoms with Crippen LogP contribution >= 0.6 is 23.1 Å². The molecule has 0 spiro atoms. The first-order chi connectivity index (χ1) is 12.6. The van der Waals surface area contributed by atoms with E-state index >= 15 is 0 Å². The van der Waals surface area contributed by atoms with Crippen molar-refractivity contribution in [2.75, 3.05) is 11.9 Å². The van der Waals surface area contributed by atoms with E-state index in [1.807, 2.05) is 36.6 Å². The molecule has 1 fully saturated rings. The Bertz CT molecular complexity index is 803. The molecular weight excluding hydrogens is 368 g/mol. The Morgan fingerprint density at radius 1 is 1.31 bits per heavy atom. The van der Waals surface area contributed by atoms with E-state index in [4.69, 9.17) is 0 Å². The van der Waals surface area contributed by atoms with Gasteiger partial charge >= 0.3 is 0 Å². The van der Waals surface area contributed by atoms with E-state index in [2.05, 4.69) is 22.2 Å². The van der Waals surface area contributed by atoms with E-state index in [9.17, 15) is 9.59 Å². The predicted octanol–water partition coefficient (Wildman–Crippen LogP) is 3.69. The Morgan fingerprint density at radius 3 is 2.69 bits per heavy atom. The number of hydrogen-bond donors (Lipinski definition) is 1. The van der Waals surface area contributed by atoms with Gasteiger partial charge in [0.1, 0.15) is 5.25 Å². The second-order valence-electron chi connectivity index (χ2n) is 5.70. The third-order valence-corrected chi connectivity index (χ3v) is 5.80. The highest BCUT2D eigenvalue weighted by Gasteiger charge is 2.38. The van der Waals surface area contributed by atoms with E-state index in [-0.39, 0.29) is 18.2 Å². The lowest BCUT2D eigenvalue weighted by Gasteiger charge is -2.12. The summed E-state index contributed by atoms with van der Waals surface area (Å²) in [5.74, 6) is -0.254. The monoisotopic (exact) mass is 388 g/mol. The molecule has 3 rings (SSSR count). The summed E-state index contributed by atoms with van der Waals surface area (Å²) in [4.78, 5) is 35.1. The smallest absolute Gasteiger partial charge is 0.242 e. The summed E-state index contributed by atoms with van der Waals surface area (Å²) in [6.45, 7) is 4.50. The number of amides is 2. The summed E-state index contributed by atoms with van der Waals surface area (Å²) in [5, 5.41) is 5.46. The number of hydrogen-bond acceptors (Lipinski definition) is 6. The van der Waals surface area contributed by atoms with Gasteiger partial charge in [0.15, 0.2) is 5.17 Å². The molecule has 8 heteroatoms. The molecular formula is C18H20N4O2S2. The van der Waals surface area contributed by atoms with Gasteiger partial charge in [-0.25, -0.2) is 4.98 Å². The number of thioether (sulfide) groups is 1. The highest BCUT2D eigenvalue weighted by atomic mass is 32.2. The lowest BCUT2D eigenvalue weighted by molar-refractivity contribution is -0.128. The highest BCUT2D eigenvalue weighted by molar-refractivity contribution is 8.15. The Hall–Kier alpha value is -2.19. The Balaban J connectivity index is 1.65. The Labute approximate surface area is 160 Å². The van der Waals surface area contributed by atoms with Crippen LogP contribution in [-0.4, -0.2) is 38.7 Å². The highest BCUT2D eigenvalue weighted by Crippen LogP contribution is 2.32. The number of aryl methyl sites for hydroxylation is 1. The van der Waals surface area contributed by atoms with Crippen LogP contribution in [0.25, 0.3) is 0 Å². The van der Waals surface area contributed by atoms with Crippen LogP contribution in [-0.2, 0) is 16.0 Å². The van der Waals surface area contributed by atoms with E-state index in [1.165, 1.54) is 28.7 Å². The minimum atomic E-state index is -0.455. The minimum absolute atomic E-state index is 0.0794. The van der Waals surface area contributed by atoms with Gasteiger partial charge in [-0.05, 0) is 31.0 Å². The number of benzene rings is 1. The number of anilines is 1. The molecule has 0 aliphatic carbocycles. The second kappa shape index (κ2) is 8.46. The van der Waals surface area contributed by atoms with E-state index in [0.717, 1.165) is 12.1 Å². The van der Waals surface area contributed by atoms with Crippen LogP contribution < -0.4 is 5.32 Å². The number of nitrogens with zero attached hydrogens (tertiary/aromatic N) is 3. The van der Waals surface area contributed by atoms with Crippen LogP contribution in [0, 0.1) is 0 Å². The molecule has 1 aromatic carbocycles. The molecule has 1 N–H and O–H groups in total. The van der Waals surface area contributed by atoms with E-state index in [1.54, 1.807) is 11.1 Å². The average molecular weight is 389 g/mol. The maximum Gasteiger partial charge on any atom is 0.242 e. The lowest BCUT2D eigenvalue weighted by atomic mass is 10.1. The fraction of sp³-hybridized carbons (Fsp3) is 0.333. The van der Waals surface area contributed by atoms with Gasteiger partial charge in [-0.3, -0.25) is 14.5 Å². The summed E-state index contributed by atoms with van der Waals surface area (Å²) in [7, 11) is 0. The van der Waals surface area contributed by atoms with Crippen molar-refractivity contribution in [3.63, 3.8) is 0 Å². The number of aliphatic imine (C=N–C) groups is 1. The minimum Gasteiger partial charge on any atom is -0.326 e. The molecule has 1 aliphatic heterocycles. The maximum atomic E-state index is 12.6. The van der Waals surface area contributed by atoms with Crippen LogP contribution in [0.3, 0.4) is 0 Å². The number of amidine groups is 1. The fourth-order valence-electron chi connectivity index (χ4n) is 2.57. The Morgan fingerprint density at radius 2 is 2.08 bits per heavy atom. The summed E-state index contributed by atoms with van der Waals surface area (Å²) < 4.78 is 0. The predicted molar refractivity (Wildman–Crippen MR) is 107 cm³/mol. The molecule has 136 valence electrons. The van der Waals surface area contributed by atoms with Crippen molar-refractivity contribution in [2.24, 2.45) is 4.99 Å². The standard InChI is InChI=1S/C18H20N4O2S2/c1-3-12-5-7-13(8-6-12)20-15(23)11-14-16(24)22(4-2)18(26-14)21-17-19-9-10-25-17/h5-10,14H,3-4,11H2,1-2H3,(H,20,23). The van der Waals surface area contributed by atoms with Gasteiger partial charge in [0.25, 0.3) is 0 Å². The molecule has 1 aromatic heterocycles. The molecule has 1 atom stereocenters. The van der Waals surface area contributed by atoms with Crippen molar-refractivity contribution in [1.29, 1.82) is 0 Å². The largest absolute Gasteiger partial charge is 0.326 e. The van der Waals surface area contributed by atoms with Gasteiger partial charge < -0.3 is 5.32 Å². The number of carbonyl (C=O) groups excluding carboxylic acids is 2. The number of nitrogens with one attached hydrogen (secondary N) is 1. The summed E-state index contributed by atoms with van der Waals surface area (Å²) in [6.07, 6.45) is 2.75.